The molecule has 0 aliphatic carbocycles. The summed E-state index contributed by atoms with van der Waals surface area (Å²) >= 11 is 0. The van der Waals surface area contributed by atoms with Crippen LogP contribution < -0.4 is 5.73 Å². The first-order valence-electron chi connectivity index (χ1n) is 3.18. The number of hydrogen-bond donors (Lipinski definition) is 6. The minimum Gasteiger partial charge on any atom is -0.479 e. The largest absolute Gasteiger partial charge is 0.479 e. The summed E-state index contributed by atoms with van der Waals surface area (Å²) in [6, 6.07) is 0. The van der Waals surface area contributed by atoms with Crippen LogP contribution in [0.3, 0.4) is 0 Å². The quantitative estimate of drug-likeness (QED) is 0.303. The fraction of sp³-hybridized carbons (Fsp3) is 0.667. The Morgan fingerprint density at radius 1 is 1.27 bits per heavy atom. The molecule has 0 rings (SSSR count). The highest BCUT2D eigenvalue weighted by molar-refractivity contribution is 7.54. The molecule has 0 aliphatic heterocycles. The van der Waals surface area contributed by atoms with Crippen molar-refractivity contribution in [2.24, 2.45) is 5.73 Å². The van der Waals surface area contributed by atoms with Crippen LogP contribution in [0.15, 0.2) is 0 Å². The predicted octanol–water partition coefficient (Wildman–Crippen LogP) is -1.99. The zero-order valence-electron chi connectivity index (χ0n) is 7.05. The second-order valence-corrected chi connectivity index (χ2v) is 5.66. The van der Waals surface area contributed by atoms with E-state index in [1.54, 1.807) is 0 Å². The third-order valence-electron chi connectivity index (χ3n) is 1.34. The molecule has 0 aromatic rings. The Morgan fingerprint density at radius 2 is 1.67 bits per heavy atom. The second kappa shape index (κ2) is 4.28. The Kier molecular flexibility index (Phi) is 4.19. The van der Waals surface area contributed by atoms with Gasteiger partial charge < -0.3 is 30.4 Å². The standard InChI is InChI=1S/C3H9NO9P2/c4-3(2(5)6,14(7,8)9)1-13-15(10,11)12/h1,4H2,(H,5,6)(H2,7,8,9)(H2,10,11,12)/t3-/m1/s1. The van der Waals surface area contributed by atoms with Gasteiger partial charge in [-0.2, -0.15) is 0 Å². The van der Waals surface area contributed by atoms with Crippen molar-refractivity contribution in [3.63, 3.8) is 0 Å². The fourth-order valence-corrected chi connectivity index (χ4v) is 1.41. The van der Waals surface area contributed by atoms with E-state index in [-0.39, 0.29) is 0 Å². The van der Waals surface area contributed by atoms with E-state index in [4.69, 9.17) is 30.4 Å². The van der Waals surface area contributed by atoms with Crippen molar-refractivity contribution >= 4 is 21.4 Å². The molecule has 0 aromatic heterocycles. The van der Waals surface area contributed by atoms with E-state index >= 15 is 0 Å². The van der Waals surface area contributed by atoms with Gasteiger partial charge in [0.15, 0.2) is 0 Å². The van der Waals surface area contributed by atoms with Gasteiger partial charge >= 0.3 is 21.4 Å². The molecule has 0 aromatic carbocycles. The second-order valence-electron chi connectivity index (χ2n) is 2.54. The van der Waals surface area contributed by atoms with Gasteiger partial charge in [0.2, 0.25) is 5.28 Å². The van der Waals surface area contributed by atoms with Crippen LogP contribution in [0.1, 0.15) is 0 Å². The van der Waals surface area contributed by atoms with Crippen molar-refractivity contribution in [2.45, 2.75) is 5.28 Å². The average Bonchev–Trinajstić information content (AvgIpc) is 1.95. The normalized spacial score (nSPS) is 17.1. The van der Waals surface area contributed by atoms with Crippen LogP contribution in [0.5, 0.6) is 0 Å². The summed E-state index contributed by atoms with van der Waals surface area (Å²) in [5, 5.41) is 5.23. The van der Waals surface area contributed by atoms with Crippen LogP contribution in [0, 0.1) is 0 Å². The van der Waals surface area contributed by atoms with Gasteiger partial charge in [-0.05, 0) is 0 Å². The average molecular weight is 265 g/mol. The number of carboxylic acids is 1. The van der Waals surface area contributed by atoms with Crippen molar-refractivity contribution in [1.82, 2.24) is 0 Å². The number of rotatable bonds is 5. The number of carbonyl (C=O) groups is 1. The predicted molar refractivity (Wildman–Crippen MR) is 44.6 cm³/mol. The monoisotopic (exact) mass is 265 g/mol. The van der Waals surface area contributed by atoms with E-state index in [9.17, 15) is 13.9 Å². The summed E-state index contributed by atoms with van der Waals surface area (Å²) in [7, 11) is -10.4. The highest BCUT2D eigenvalue weighted by Gasteiger charge is 2.52. The van der Waals surface area contributed by atoms with Crippen LogP contribution in [-0.2, 0) is 18.4 Å². The number of phosphoric acid groups is 1. The smallest absolute Gasteiger partial charge is 0.469 e. The first-order chi connectivity index (χ1) is 6.40. The summed E-state index contributed by atoms with van der Waals surface area (Å²) in [6.45, 7) is -1.52. The fourth-order valence-electron chi connectivity index (χ4n) is 0.453. The van der Waals surface area contributed by atoms with Gasteiger partial charge in [0.25, 0.3) is 0 Å². The Morgan fingerprint density at radius 3 is 1.87 bits per heavy atom. The first kappa shape index (κ1) is 14.7. The van der Waals surface area contributed by atoms with E-state index in [0.29, 0.717) is 0 Å². The van der Waals surface area contributed by atoms with Gasteiger partial charge in [-0.25, -0.2) is 9.36 Å². The van der Waals surface area contributed by atoms with Crippen molar-refractivity contribution < 1.29 is 43.1 Å². The molecule has 7 N–H and O–H groups in total. The van der Waals surface area contributed by atoms with E-state index in [0.717, 1.165) is 0 Å². The summed E-state index contributed by atoms with van der Waals surface area (Å²) in [6.07, 6.45) is 0. The first-order valence-corrected chi connectivity index (χ1v) is 6.32. The number of nitrogens with two attached hydrogens (primary N) is 1. The lowest BCUT2D eigenvalue weighted by molar-refractivity contribution is -0.141. The molecule has 0 aliphatic rings. The molecular weight excluding hydrogens is 256 g/mol. The van der Waals surface area contributed by atoms with Crippen LogP contribution in [0.4, 0.5) is 0 Å². The molecule has 1 atom stereocenters. The third kappa shape index (κ3) is 3.98. The Bertz CT molecular complexity index is 341. The lowest BCUT2D eigenvalue weighted by atomic mass is 10.3. The Hall–Kier alpha value is -0.310. The molecule has 0 bridgehead atoms. The molecule has 0 heterocycles. The minimum atomic E-state index is -5.32. The molecule has 15 heavy (non-hydrogen) atoms. The maximum absolute atomic E-state index is 10.7. The summed E-state index contributed by atoms with van der Waals surface area (Å²) < 4.78 is 24.5. The lowest BCUT2D eigenvalue weighted by Crippen LogP contribution is -2.51. The van der Waals surface area contributed by atoms with Crippen LogP contribution in [0.2, 0.25) is 0 Å². The maximum Gasteiger partial charge on any atom is 0.469 e. The highest BCUT2D eigenvalue weighted by atomic mass is 31.2. The molecule has 0 spiro atoms. The number of carboxylic acid groups (broad SMARTS) is 1. The van der Waals surface area contributed by atoms with Gasteiger partial charge in [0.05, 0.1) is 6.61 Å². The third-order valence-corrected chi connectivity index (χ3v) is 3.17. The Labute approximate surface area is 83.1 Å². The molecule has 12 heteroatoms. The molecule has 10 nitrogen and oxygen atoms in total. The van der Waals surface area contributed by atoms with Gasteiger partial charge in [0.1, 0.15) is 0 Å². The SMILES string of the molecule is N[C@@](COP(=O)(O)O)(C(=O)O)P(=O)(O)O. The molecule has 0 saturated heterocycles. The molecule has 0 unspecified atom stereocenters. The zero-order chi connectivity index (χ0) is 12.5. The van der Waals surface area contributed by atoms with Crippen LogP contribution >= 0.6 is 15.4 Å². The Balaban J connectivity index is 4.94. The van der Waals surface area contributed by atoms with E-state index in [1.165, 1.54) is 0 Å². The van der Waals surface area contributed by atoms with Crippen molar-refractivity contribution in [3.05, 3.63) is 0 Å². The van der Waals surface area contributed by atoms with E-state index in [1.807, 2.05) is 0 Å². The van der Waals surface area contributed by atoms with E-state index in [2.05, 4.69) is 4.52 Å². The molecule has 0 fully saturated rings. The van der Waals surface area contributed by atoms with Gasteiger partial charge in [0, 0.05) is 0 Å². The van der Waals surface area contributed by atoms with Crippen molar-refractivity contribution in [1.29, 1.82) is 0 Å². The molecule has 0 saturated carbocycles. The molecule has 0 amide bonds. The maximum atomic E-state index is 10.7. The number of phosphoric ester groups is 1. The van der Waals surface area contributed by atoms with Crippen LogP contribution in [0.25, 0.3) is 0 Å². The minimum absolute atomic E-state index is 1.52. The lowest BCUT2D eigenvalue weighted by Gasteiger charge is -2.24. The van der Waals surface area contributed by atoms with E-state index < -0.39 is 33.3 Å². The topological polar surface area (TPSA) is 188 Å². The van der Waals surface area contributed by atoms with Crippen LogP contribution in [-0.4, -0.2) is 42.5 Å². The summed E-state index contributed by atoms with van der Waals surface area (Å²) in [5.41, 5.74) is 4.79. The van der Waals surface area contributed by atoms with Gasteiger partial charge in [-0.15, -0.1) is 0 Å². The summed E-state index contributed by atoms with van der Waals surface area (Å²) in [5.74, 6) is -2.13. The highest BCUT2D eigenvalue weighted by Crippen LogP contribution is 2.49. The molecule has 0 radical (unpaired) electrons. The van der Waals surface area contributed by atoms with Crippen molar-refractivity contribution in [3.8, 4) is 0 Å². The van der Waals surface area contributed by atoms with Gasteiger partial charge in [-0.1, -0.05) is 0 Å². The number of aliphatic carboxylic acids is 1. The molecular formula is C3H9NO9P2. The summed E-state index contributed by atoms with van der Waals surface area (Å²) in [4.78, 5) is 44.0. The van der Waals surface area contributed by atoms with Gasteiger partial charge in [-0.3, -0.25) is 9.09 Å². The zero-order valence-corrected chi connectivity index (χ0v) is 8.84. The van der Waals surface area contributed by atoms with Crippen molar-refractivity contribution in [2.75, 3.05) is 6.61 Å². The number of hydrogen-bond acceptors (Lipinski definition) is 5. The molecule has 90 valence electrons.